The monoisotopic (exact) mass is 454 g/mol. The van der Waals surface area contributed by atoms with Gasteiger partial charge >= 0.3 is 5.97 Å². The van der Waals surface area contributed by atoms with Crippen molar-refractivity contribution in [2.24, 2.45) is 0 Å². The maximum Gasteiger partial charge on any atom is 0.339 e. The molecule has 6 rings (SSSR count). The fraction of sp³-hybridized carbons (Fsp3) is 0.231. The van der Waals surface area contributed by atoms with E-state index in [-0.39, 0.29) is 18.8 Å². The summed E-state index contributed by atoms with van der Waals surface area (Å²) >= 11 is 0. The molecular formula is C26H22N4O4. The minimum Gasteiger partial charge on any atom is -0.451 e. The SMILES string of the molecule is O=C1OC2(CCC(O)(C(=O)Nc3cn(-c4cnc5ccccc5c4)cn3)CC2)c2ccccc21. The van der Waals surface area contributed by atoms with E-state index in [2.05, 4.69) is 15.3 Å². The number of fused-ring (bicyclic) bond motifs is 3. The van der Waals surface area contributed by atoms with Gasteiger partial charge in [-0.2, -0.15) is 0 Å². The summed E-state index contributed by atoms with van der Waals surface area (Å²) in [6, 6.07) is 17.1. The minimum absolute atomic E-state index is 0.176. The second-order valence-corrected chi connectivity index (χ2v) is 8.97. The van der Waals surface area contributed by atoms with Crippen molar-refractivity contribution in [2.45, 2.75) is 36.9 Å². The number of hydrogen-bond donors (Lipinski definition) is 2. The van der Waals surface area contributed by atoms with E-state index in [0.717, 1.165) is 22.2 Å². The Bertz CT molecular complexity index is 1440. The molecule has 1 saturated carbocycles. The number of ether oxygens (including phenoxy) is 1. The first kappa shape index (κ1) is 20.6. The molecule has 3 heterocycles. The molecule has 2 aromatic carbocycles. The average molecular weight is 454 g/mol. The Kier molecular flexibility index (Phi) is 4.53. The molecule has 0 radical (unpaired) electrons. The van der Waals surface area contributed by atoms with Gasteiger partial charge in [0.15, 0.2) is 5.82 Å². The van der Waals surface area contributed by atoms with Gasteiger partial charge in [0.25, 0.3) is 5.91 Å². The smallest absolute Gasteiger partial charge is 0.339 e. The highest BCUT2D eigenvalue weighted by Gasteiger charge is 2.52. The molecule has 1 spiro atoms. The maximum absolute atomic E-state index is 13.0. The van der Waals surface area contributed by atoms with Crippen LogP contribution in [0, 0.1) is 0 Å². The van der Waals surface area contributed by atoms with Crippen molar-refractivity contribution >= 4 is 28.6 Å². The lowest BCUT2D eigenvalue weighted by atomic mass is 9.72. The first-order valence-corrected chi connectivity index (χ1v) is 11.2. The Morgan fingerprint density at radius 1 is 1.03 bits per heavy atom. The fourth-order valence-electron chi connectivity index (χ4n) is 4.97. The molecule has 1 amide bonds. The zero-order chi connectivity index (χ0) is 23.3. The summed E-state index contributed by atoms with van der Waals surface area (Å²) in [5, 5.41) is 14.8. The van der Waals surface area contributed by atoms with Gasteiger partial charge in [0.2, 0.25) is 0 Å². The number of amides is 1. The van der Waals surface area contributed by atoms with Crippen molar-refractivity contribution in [1.29, 1.82) is 0 Å². The molecule has 1 aliphatic heterocycles. The highest BCUT2D eigenvalue weighted by Crippen LogP contribution is 2.49. The predicted molar refractivity (Wildman–Crippen MR) is 124 cm³/mol. The third-order valence-corrected chi connectivity index (χ3v) is 6.93. The fourth-order valence-corrected chi connectivity index (χ4v) is 4.97. The Morgan fingerprint density at radius 3 is 2.65 bits per heavy atom. The molecule has 170 valence electrons. The van der Waals surface area contributed by atoms with Crippen molar-refractivity contribution < 1.29 is 19.4 Å². The summed E-state index contributed by atoms with van der Waals surface area (Å²) in [5.41, 5.74) is 0.768. The van der Waals surface area contributed by atoms with Crippen LogP contribution >= 0.6 is 0 Å². The van der Waals surface area contributed by atoms with Crippen LogP contribution in [0.25, 0.3) is 16.6 Å². The average Bonchev–Trinajstić information content (AvgIpc) is 3.44. The number of benzene rings is 2. The zero-order valence-electron chi connectivity index (χ0n) is 18.3. The number of carbonyl (C=O) groups excluding carboxylic acids is 2. The van der Waals surface area contributed by atoms with Gasteiger partial charge < -0.3 is 19.7 Å². The molecule has 2 aliphatic rings. The summed E-state index contributed by atoms with van der Waals surface area (Å²) in [4.78, 5) is 34.0. The zero-order valence-corrected chi connectivity index (χ0v) is 18.3. The van der Waals surface area contributed by atoms with Crippen molar-refractivity contribution in [2.75, 3.05) is 5.32 Å². The van der Waals surface area contributed by atoms with Crippen molar-refractivity contribution in [3.63, 3.8) is 0 Å². The third kappa shape index (κ3) is 3.26. The molecule has 1 fully saturated rings. The van der Waals surface area contributed by atoms with Gasteiger partial charge in [0.05, 0.1) is 29.2 Å². The van der Waals surface area contributed by atoms with E-state index in [4.69, 9.17) is 4.74 Å². The molecule has 34 heavy (non-hydrogen) atoms. The molecule has 0 saturated heterocycles. The van der Waals surface area contributed by atoms with Crippen LogP contribution in [0.2, 0.25) is 0 Å². The lowest BCUT2D eigenvalue weighted by Gasteiger charge is -2.40. The van der Waals surface area contributed by atoms with Crippen molar-refractivity contribution in [3.05, 3.63) is 84.4 Å². The number of imidazole rings is 1. The summed E-state index contributed by atoms with van der Waals surface area (Å²) in [6.45, 7) is 0. The van der Waals surface area contributed by atoms with Crippen LogP contribution in [-0.2, 0) is 15.1 Å². The van der Waals surface area contributed by atoms with E-state index in [1.54, 1.807) is 35.4 Å². The number of aromatic nitrogens is 3. The van der Waals surface area contributed by atoms with Gasteiger partial charge in [-0.15, -0.1) is 0 Å². The molecule has 8 heteroatoms. The molecule has 1 aliphatic carbocycles. The number of esters is 1. The molecule has 0 atom stereocenters. The number of nitrogens with one attached hydrogen (secondary N) is 1. The standard InChI is InChI=1S/C26H22N4O4/c31-23-19-6-2-3-7-20(19)26(34-23)11-9-25(33,10-12-26)24(32)29-22-15-30(16-28-22)18-13-17-5-1-4-8-21(17)27-14-18/h1-8,13-16,33H,9-12H2,(H,29,32). The highest BCUT2D eigenvalue weighted by atomic mass is 16.6. The highest BCUT2D eigenvalue weighted by molar-refractivity contribution is 5.97. The van der Waals surface area contributed by atoms with Crippen molar-refractivity contribution in [1.82, 2.24) is 14.5 Å². The van der Waals surface area contributed by atoms with Crippen LogP contribution in [0.4, 0.5) is 5.82 Å². The van der Waals surface area contributed by atoms with Crippen LogP contribution in [0.3, 0.4) is 0 Å². The molecule has 4 aromatic rings. The summed E-state index contributed by atoms with van der Waals surface area (Å²) in [7, 11) is 0. The Balaban J connectivity index is 1.17. The van der Waals surface area contributed by atoms with E-state index >= 15 is 0 Å². The lowest BCUT2D eigenvalue weighted by molar-refractivity contribution is -0.144. The number of carbonyl (C=O) groups is 2. The van der Waals surface area contributed by atoms with Crippen LogP contribution in [-0.4, -0.2) is 37.1 Å². The number of anilines is 1. The Morgan fingerprint density at radius 2 is 1.79 bits per heavy atom. The number of hydrogen-bond acceptors (Lipinski definition) is 6. The van der Waals surface area contributed by atoms with Gasteiger partial charge in [-0.25, -0.2) is 9.78 Å². The number of aliphatic hydroxyl groups is 1. The van der Waals surface area contributed by atoms with E-state index < -0.39 is 17.1 Å². The number of para-hydroxylation sites is 1. The normalized spacial score (nSPS) is 23.6. The van der Waals surface area contributed by atoms with Crippen LogP contribution < -0.4 is 5.32 Å². The number of nitrogens with zero attached hydrogens (tertiary/aromatic N) is 3. The van der Waals surface area contributed by atoms with E-state index in [0.29, 0.717) is 24.2 Å². The number of pyridine rings is 1. The molecular weight excluding hydrogens is 432 g/mol. The first-order chi connectivity index (χ1) is 16.5. The molecule has 8 nitrogen and oxygen atoms in total. The van der Waals surface area contributed by atoms with Crippen LogP contribution in [0.5, 0.6) is 0 Å². The number of rotatable bonds is 3. The van der Waals surface area contributed by atoms with E-state index in [9.17, 15) is 14.7 Å². The quantitative estimate of drug-likeness (QED) is 0.457. The predicted octanol–water partition coefficient (Wildman–Crippen LogP) is 3.73. The van der Waals surface area contributed by atoms with Gasteiger partial charge in [0.1, 0.15) is 17.5 Å². The maximum atomic E-state index is 13.0. The topological polar surface area (TPSA) is 106 Å². The lowest BCUT2D eigenvalue weighted by Crippen LogP contribution is -2.49. The molecule has 0 unspecified atom stereocenters. The Hall–Kier alpha value is -4.04. The molecule has 2 N–H and O–H groups in total. The molecule has 2 aromatic heterocycles. The van der Waals surface area contributed by atoms with Gasteiger partial charge in [-0.3, -0.25) is 9.78 Å². The second kappa shape index (κ2) is 7.50. The summed E-state index contributed by atoms with van der Waals surface area (Å²) in [6.07, 6.45) is 6.12. The van der Waals surface area contributed by atoms with Crippen LogP contribution in [0.1, 0.15) is 41.6 Å². The van der Waals surface area contributed by atoms with Crippen molar-refractivity contribution in [3.8, 4) is 5.69 Å². The van der Waals surface area contributed by atoms with Crippen LogP contribution in [0.15, 0.2) is 73.3 Å². The minimum atomic E-state index is -1.57. The first-order valence-electron chi connectivity index (χ1n) is 11.2. The third-order valence-electron chi connectivity index (χ3n) is 6.93. The van der Waals surface area contributed by atoms with Gasteiger partial charge in [-0.05, 0) is 43.9 Å². The van der Waals surface area contributed by atoms with Gasteiger partial charge in [0, 0.05) is 10.9 Å². The van der Waals surface area contributed by atoms with E-state index in [1.165, 1.54) is 0 Å². The largest absolute Gasteiger partial charge is 0.451 e. The van der Waals surface area contributed by atoms with Gasteiger partial charge in [-0.1, -0.05) is 36.4 Å². The summed E-state index contributed by atoms with van der Waals surface area (Å²) in [5.74, 6) is -0.523. The van der Waals surface area contributed by atoms with E-state index in [1.807, 2.05) is 42.5 Å². The Labute approximate surface area is 195 Å². The summed E-state index contributed by atoms with van der Waals surface area (Å²) < 4.78 is 7.50. The molecule has 0 bridgehead atoms. The second-order valence-electron chi connectivity index (χ2n) is 8.97.